The zero-order valence-corrected chi connectivity index (χ0v) is 24.2. The highest BCUT2D eigenvalue weighted by Gasteiger charge is 2.39. The Labute approximate surface area is 231 Å². The predicted molar refractivity (Wildman–Crippen MR) is 158 cm³/mol. The highest BCUT2D eigenvalue weighted by atomic mass is 32.2. The molecule has 0 aromatic carbocycles. The van der Waals surface area contributed by atoms with Crippen LogP contribution in [0.1, 0.15) is 60.8 Å². The fourth-order valence-corrected chi connectivity index (χ4v) is 5.41. The lowest BCUT2D eigenvalue weighted by Crippen LogP contribution is -2.44. The van der Waals surface area contributed by atoms with Crippen molar-refractivity contribution in [1.29, 1.82) is 5.41 Å². The van der Waals surface area contributed by atoms with Gasteiger partial charge in [0.2, 0.25) is 6.43 Å². The molecule has 1 amide bonds. The Morgan fingerprint density at radius 2 is 1.97 bits per heavy atom. The Balaban J connectivity index is 2.41. The van der Waals surface area contributed by atoms with Crippen LogP contribution in [0.25, 0.3) is 0 Å². The monoisotopic (exact) mass is 544 g/mol. The van der Waals surface area contributed by atoms with E-state index in [9.17, 15) is 13.6 Å². The topological polar surface area (TPSA) is 68.5 Å². The summed E-state index contributed by atoms with van der Waals surface area (Å²) in [5, 5.41) is 14.0. The number of amides is 1. The number of carbonyl (C=O) groups is 1. The van der Waals surface area contributed by atoms with Gasteiger partial charge < -0.3 is 15.6 Å². The number of halogens is 2. The van der Waals surface area contributed by atoms with Gasteiger partial charge in [-0.3, -0.25) is 9.79 Å². The molecule has 0 saturated carbocycles. The van der Waals surface area contributed by atoms with Gasteiger partial charge in [-0.1, -0.05) is 56.2 Å². The highest BCUT2D eigenvalue weighted by Crippen LogP contribution is 2.35. The van der Waals surface area contributed by atoms with Gasteiger partial charge in [-0.05, 0) is 51.2 Å². The van der Waals surface area contributed by atoms with E-state index in [1.54, 1.807) is 17.8 Å². The Kier molecular flexibility index (Phi) is 12.9. The van der Waals surface area contributed by atoms with E-state index in [-0.39, 0.29) is 29.3 Å². The average Bonchev–Trinajstić information content (AvgIpc) is 3.29. The Morgan fingerprint density at radius 3 is 2.58 bits per heavy atom. The lowest BCUT2D eigenvalue weighted by atomic mass is 9.99. The van der Waals surface area contributed by atoms with Gasteiger partial charge in [-0.25, -0.2) is 8.78 Å². The van der Waals surface area contributed by atoms with E-state index in [4.69, 9.17) is 10.4 Å². The number of rotatable bonds is 13. The summed E-state index contributed by atoms with van der Waals surface area (Å²) in [5.74, 6) is 1.17. The first-order valence-electron chi connectivity index (χ1n) is 13.3. The molecule has 8 heteroatoms. The molecule has 1 fully saturated rings. The summed E-state index contributed by atoms with van der Waals surface area (Å²) in [5.41, 5.74) is 3.54. The van der Waals surface area contributed by atoms with Crippen molar-refractivity contribution in [2.45, 2.75) is 78.5 Å². The molecule has 3 unspecified atom stereocenters. The van der Waals surface area contributed by atoms with Crippen LogP contribution >= 0.6 is 11.8 Å². The Bertz CT molecular complexity index is 1060. The van der Waals surface area contributed by atoms with E-state index in [0.29, 0.717) is 31.0 Å². The number of alkyl halides is 2. The highest BCUT2D eigenvalue weighted by molar-refractivity contribution is 8.03. The molecule has 0 aromatic rings. The maximum Gasteiger partial charge on any atom is 0.251 e. The van der Waals surface area contributed by atoms with Crippen LogP contribution in [0.3, 0.4) is 0 Å². The molecule has 2 heterocycles. The van der Waals surface area contributed by atoms with Crippen LogP contribution in [0.4, 0.5) is 8.78 Å². The fourth-order valence-electron chi connectivity index (χ4n) is 4.30. The molecular formula is C30H42F2N4OS. The molecule has 0 bridgehead atoms. The van der Waals surface area contributed by atoms with Gasteiger partial charge in [-0.2, -0.15) is 0 Å². The number of allylic oxidation sites excluding steroid dienone is 7. The minimum absolute atomic E-state index is 0.127. The third kappa shape index (κ3) is 8.93. The van der Waals surface area contributed by atoms with Crippen LogP contribution < -0.4 is 5.32 Å². The molecular weight excluding hydrogens is 502 g/mol. The summed E-state index contributed by atoms with van der Waals surface area (Å²) in [6.07, 6.45) is 10.9. The van der Waals surface area contributed by atoms with Gasteiger partial charge in [0.1, 0.15) is 5.84 Å². The molecule has 208 valence electrons. The third-order valence-corrected chi connectivity index (χ3v) is 7.83. The zero-order chi connectivity index (χ0) is 28.2. The van der Waals surface area contributed by atoms with E-state index in [1.165, 1.54) is 12.2 Å². The molecule has 2 N–H and O–H groups in total. The zero-order valence-electron chi connectivity index (χ0n) is 23.4. The van der Waals surface area contributed by atoms with Gasteiger partial charge in [0.25, 0.3) is 5.91 Å². The number of hydrogen-bond acceptors (Lipinski definition) is 5. The number of nitrogens with zero attached hydrogens (tertiary/aromatic N) is 2. The number of carbonyl (C=O) groups excluding carboxylic acids is 1. The van der Waals surface area contributed by atoms with Crippen molar-refractivity contribution < 1.29 is 13.6 Å². The van der Waals surface area contributed by atoms with Crippen LogP contribution in [0.5, 0.6) is 0 Å². The van der Waals surface area contributed by atoms with Crippen LogP contribution in [-0.2, 0) is 4.79 Å². The molecule has 3 atom stereocenters. The van der Waals surface area contributed by atoms with E-state index < -0.39 is 6.43 Å². The second kappa shape index (κ2) is 15.6. The van der Waals surface area contributed by atoms with Crippen molar-refractivity contribution in [2.24, 2.45) is 10.9 Å². The summed E-state index contributed by atoms with van der Waals surface area (Å²) in [7, 11) is 0. The summed E-state index contributed by atoms with van der Waals surface area (Å²) in [4.78, 5) is 20.3. The number of hydrogen-bond donors (Lipinski definition) is 2. The maximum atomic E-state index is 13.2. The second-order valence-corrected chi connectivity index (χ2v) is 10.9. The van der Waals surface area contributed by atoms with Crippen molar-refractivity contribution in [3.8, 4) is 0 Å². The fraction of sp³-hybridized carbons (Fsp3) is 0.500. The Morgan fingerprint density at radius 1 is 1.24 bits per heavy atom. The lowest BCUT2D eigenvalue weighted by molar-refractivity contribution is -0.117. The second-order valence-electron chi connectivity index (χ2n) is 9.81. The number of fused-ring (bicyclic) bond motifs is 1. The molecule has 2 aliphatic rings. The largest absolute Gasteiger partial charge is 0.347 e. The SMILES string of the molecule is C/C=C\SC(C1=NCC(C(=N)/C=C\CC(F)F)=C2CC(NC(=O)C(/C=C\C)=C/C=C(C)C)CN12)C(C)CC. The maximum absolute atomic E-state index is 13.2. The van der Waals surface area contributed by atoms with E-state index in [2.05, 4.69) is 29.5 Å². The van der Waals surface area contributed by atoms with Crippen molar-refractivity contribution >= 4 is 29.2 Å². The molecule has 1 saturated heterocycles. The summed E-state index contributed by atoms with van der Waals surface area (Å²) < 4.78 is 25.3. The molecule has 2 rings (SSSR count). The lowest BCUT2D eigenvalue weighted by Gasteiger charge is -2.34. The first kappa shape index (κ1) is 31.5. The standard InChI is InChI=1S/C30H42F2N4OS/c1-7-11-22(15-14-20(4)5)30(37)35-23-17-26-24(25(33)12-10-13-27(31)32)18-34-29(36(26)19-23)28(21(6)9-3)38-16-8-2/h7-8,10-12,14-16,21,23,27-28,33H,9,13,17-19H2,1-6H3,(H,35,37)/b11-7-,12-10-,16-8-,22-15+,33-25?. The van der Waals surface area contributed by atoms with Gasteiger partial charge in [-0.15, -0.1) is 11.8 Å². The van der Waals surface area contributed by atoms with E-state index in [1.807, 2.05) is 52.0 Å². The van der Waals surface area contributed by atoms with Crippen LogP contribution in [0, 0.1) is 11.3 Å². The molecule has 2 aliphatic heterocycles. The molecule has 0 aromatic heterocycles. The first-order valence-corrected chi connectivity index (χ1v) is 14.2. The molecule has 38 heavy (non-hydrogen) atoms. The number of amidine groups is 1. The molecule has 0 spiro atoms. The van der Waals surface area contributed by atoms with Crippen LogP contribution in [0.15, 0.2) is 75.3 Å². The normalized spacial score (nSPS) is 19.9. The molecule has 5 nitrogen and oxygen atoms in total. The average molecular weight is 545 g/mol. The predicted octanol–water partition coefficient (Wildman–Crippen LogP) is 7.22. The van der Waals surface area contributed by atoms with Crippen molar-refractivity contribution in [2.75, 3.05) is 13.1 Å². The number of thioether (sulfide) groups is 1. The Hall–Kier alpha value is -2.74. The van der Waals surface area contributed by atoms with Gasteiger partial charge in [0, 0.05) is 36.2 Å². The molecule has 0 aliphatic carbocycles. The van der Waals surface area contributed by atoms with Gasteiger partial charge >= 0.3 is 0 Å². The third-order valence-electron chi connectivity index (χ3n) is 6.43. The first-order chi connectivity index (χ1) is 18.1. The van der Waals surface area contributed by atoms with Crippen LogP contribution in [0.2, 0.25) is 0 Å². The minimum atomic E-state index is -2.44. The van der Waals surface area contributed by atoms with E-state index in [0.717, 1.165) is 29.1 Å². The molecule has 0 radical (unpaired) electrons. The number of aliphatic imine (C=N–C) groups is 1. The van der Waals surface area contributed by atoms with Gasteiger partial charge in [0.15, 0.2) is 0 Å². The summed E-state index contributed by atoms with van der Waals surface area (Å²) in [6, 6.07) is -0.168. The number of nitrogens with one attached hydrogen (secondary N) is 2. The quantitative estimate of drug-likeness (QED) is 0.146. The summed E-state index contributed by atoms with van der Waals surface area (Å²) >= 11 is 1.73. The summed E-state index contributed by atoms with van der Waals surface area (Å²) in [6.45, 7) is 13.1. The van der Waals surface area contributed by atoms with Crippen molar-refractivity contribution in [3.05, 3.63) is 70.4 Å². The van der Waals surface area contributed by atoms with Crippen molar-refractivity contribution in [1.82, 2.24) is 10.2 Å². The minimum Gasteiger partial charge on any atom is -0.347 e. The van der Waals surface area contributed by atoms with Crippen LogP contribution in [-0.4, -0.2) is 53.2 Å². The van der Waals surface area contributed by atoms with Crippen molar-refractivity contribution in [3.63, 3.8) is 0 Å². The van der Waals surface area contributed by atoms with E-state index >= 15 is 0 Å². The van der Waals surface area contributed by atoms with Gasteiger partial charge in [0.05, 0.1) is 23.5 Å². The smallest absolute Gasteiger partial charge is 0.251 e.